The Balaban J connectivity index is 0.00000147. The summed E-state index contributed by atoms with van der Waals surface area (Å²) in [5, 5.41) is 1.27. The zero-order chi connectivity index (χ0) is 13.4. The van der Waals surface area contributed by atoms with Gasteiger partial charge in [0.2, 0.25) is 0 Å². The van der Waals surface area contributed by atoms with Gasteiger partial charge in [-0.3, -0.25) is 4.79 Å². The fourth-order valence-electron chi connectivity index (χ4n) is 3.02. The lowest BCUT2D eigenvalue weighted by Crippen LogP contribution is -2.22. The van der Waals surface area contributed by atoms with E-state index in [1.54, 1.807) is 0 Å². The lowest BCUT2D eigenvalue weighted by atomic mass is 9.94. The van der Waals surface area contributed by atoms with Crippen molar-refractivity contribution in [3.05, 3.63) is 35.5 Å². The molecular formula is C16H21ClN2O. The summed E-state index contributed by atoms with van der Waals surface area (Å²) in [7, 11) is 4.14. The molecule has 0 saturated heterocycles. The molecule has 0 fully saturated rings. The molecule has 1 aromatic heterocycles. The zero-order valence-corrected chi connectivity index (χ0v) is 12.9. The second-order valence-electron chi connectivity index (χ2n) is 5.58. The van der Waals surface area contributed by atoms with E-state index in [4.69, 9.17) is 0 Å². The number of para-hydroxylation sites is 1. The minimum Gasteiger partial charge on any atom is -0.337 e. The molecule has 0 unspecified atom stereocenters. The standard InChI is InChI=1S/C16H20N2O.ClH/c1-17(2)10-11-18-14-8-4-3-6-12(14)13-7-5-9-15(19)16(13)18;/h3-4,6,8H,5,7,9-11H2,1-2H3;1H. The fraction of sp³-hybridized carbons (Fsp3) is 0.438. The van der Waals surface area contributed by atoms with Crippen molar-refractivity contribution in [1.82, 2.24) is 9.47 Å². The third-order valence-electron chi connectivity index (χ3n) is 3.94. The molecule has 1 heterocycles. The Morgan fingerprint density at radius 2 is 1.95 bits per heavy atom. The van der Waals surface area contributed by atoms with Gasteiger partial charge in [-0.15, -0.1) is 12.4 Å². The maximum atomic E-state index is 12.3. The minimum absolute atomic E-state index is 0. The van der Waals surface area contributed by atoms with Gasteiger partial charge in [-0.25, -0.2) is 0 Å². The number of carbonyl (C=O) groups excluding carboxylic acids is 1. The van der Waals surface area contributed by atoms with Crippen LogP contribution in [0.3, 0.4) is 0 Å². The third-order valence-corrected chi connectivity index (χ3v) is 3.94. The van der Waals surface area contributed by atoms with Crippen LogP contribution in [0.5, 0.6) is 0 Å². The first-order chi connectivity index (χ1) is 9.18. The van der Waals surface area contributed by atoms with Crippen LogP contribution in [0.15, 0.2) is 24.3 Å². The zero-order valence-electron chi connectivity index (χ0n) is 12.1. The Labute approximate surface area is 126 Å². The molecule has 1 aliphatic rings. The molecule has 1 aromatic carbocycles. The SMILES string of the molecule is CN(C)CCn1c2c(c3ccccc31)CCCC2=O.Cl. The Morgan fingerprint density at radius 3 is 2.70 bits per heavy atom. The first kappa shape index (κ1) is 15.1. The van der Waals surface area contributed by atoms with Crippen LogP contribution < -0.4 is 0 Å². The van der Waals surface area contributed by atoms with E-state index in [0.717, 1.165) is 31.6 Å². The monoisotopic (exact) mass is 292 g/mol. The largest absolute Gasteiger partial charge is 0.337 e. The fourth-order valence-corrected chi connectivity index (χ4v) is 3.02. The number of Topliss-reactive ketones (excluding diaryl/α,β-unsaturated/α-hetero) is 1. The number of hydrogen-bond acceptors (Lipinski definition) is 2. The van der Waals surface area contributed by atoms with Crippen LogP contribution in [0.1, 0.15) is 28.9 Å². The average Bonchev–Trinajstić information content (AvgIpc) is 2.72. The lowest BCUT2D eigenvalue weighted by molar-refractivity contribution is 0.0963. The van der Waals surface area contributed by atoms with Gasteiger partial charge in [0, 0.05) is 30.4 Å². The van der Waals surface area contributed by atoms with E-state index in [9.17, 15) is 4.79 Å². The molecule has 4 heteroatoms. The number of fused-ring (bicyclic) bond motifs is 3. The molecule has 108 valence electrons. The molecule has 0 bridgehead atoms. The molecule has 0 radical (unpaired) electrons. The maximum Gasteiger partial charge on any atom is 0.179 e. The molecule has 0 aliphatic heterocycles. The molecule has 2 aromatic rings. The highest BCUT2D eigenvalue weighted by molar-refractivity contribution is 6.04. The van der Waals surface area contributed by atoms with Crippen LogP contribution in [-0.2, 0) is 13.0 Å². The van der Waals surface area contributed by atoms with Crippen LogP contribution >= 0.6 is 12.4 Å². The van der Waals surface area contributed by atoms with Crippen molar-refractivity contribution >= 4 is 29.1 Å². The summed E-state index contributed by atoms with van der Waals surface area (Å²) >= 11 is 0. The minimum atomic E-state index is 0. The molecular weight excluding hydrogens is 272 g/mol. The smallest absolute Gasteiger partial charge is 0.179 e. The Bertz CT molecular complexity index is 631. The number of halogens is 1. The van der Waals surface area contributed by atoms with Crippen molar-refractivity contribution in [3.8, 4) is 0 Å². The number of ketones is 1. The van der Waals surface area contributed by atoms with Crippen molar-refractivity contribution in [2.75, 3.05) is 20.6 Å². The highest BCUT2D eigenvalue weighted by atomic mass is 35.5. The first-order valence-electron chi connectivity index (χ1n) is 6.96. The summed E-state index contributed by atoms with van der Waals surface area (Å²) < 4.78 is 2.23. The Hall–Kier alpha value is -1.32. The number of nitrogens with zero attached hydrogens (tertiary/aromatic N) is 2. The lowest BCUT2D eigenvalue weighted by Gasteiger charge is -2.16. The highest BCUT2D eigenvalue weighted by Crippen LogP contribution is 2.31. The van der Waals surface area contributed by atoms with Gasteiger partial charge >= 0.3 is 0 Å². The summed E-state index contributed by atoms with van der Waals surface area (Å²) in [6.07, 6.45) is 2.73. The van der Waals surface area contributed by atoms with Crippen LogP contribution in [0.25, 0.3) is 10.9 Å². The van der Waals surface area contributed by atoms with E-state index in [1.165, 1.54) is 16.5 Å². The number of carbonyl (C=O) groups is 1. The third kappa shape index (κ3) is 2.48. The van der Waals surface area contributed by atoms with Crippen molar-refractivity contribution in [2.24, 2.45) is 0 Å². The molecule has 0 atom stereocenters. The Kier molecular flexibility index (Phi) is 4.51. The number of likely N-dealkylation sites (N-methyl/N-ethyl adjacent to an activating group) is 1. The predicted octanol–water partition coefficient (Wildman–Crippen LogP) is 3.14. The number of aryl methyl sites for hydroxylation is 1. The van der Waals surface area contributed by atoms with Gasteiger partial charge in [-0.2, -0.15) is 0 Å². The van der Waals surface area contributed by atoms with Gasteiger partial charge in [0.15, 0.2) is 5.78 Å². The van der Waals surface area contributed by atoms with E-state index in [-0.39, 0.29) is 12.4 Å². The second-order valence-corrected chi connectivity index (χ2v) is 5.58. The van der Waals surface area contributed by atoms with Crippen LogP contribution in [0.4, 0.5) is 0 Å². The van der Waals surface area contributed by atoms with Gasteiger partial charge in [0.1, 0.15) is 0 Å². The summed E-state index contributed by atoms with van der Waals surface area (Å²) in [6.45, 7) is 1.84. The number of hydrogen-bond donors (Lipinski definition) is 0. The van der Waals surface area contributed by atoms with E-state index in [0.29, 0.717) is 12.2 Å². The number of rotatable bonds is 3. The van der Waals surface area contributed by atoms with Crippen LogP contribution in [0.2, 0.25) is 0 Å². The van der Waals surface area contributed by atoms with Gasteiger partial charge in [-0.1, -0.05) is 18.2 Å². The molecule has 3 nitrogen and oxygen atoms in total. The first-order valence-corrected chi connectivity index (χ1v) is 6.96. The molecule has 0 saturated carbocycles. The van der Waals surface area contributed by atoms with Gasteiger partial charge in [0.25, 0.3) is 0 Å². The van der Waals surface area contributed by atoms with Gasteiger partial charge in [-0.05, 0) is 38.6 Å². The van der Waals surface area contributed by atoms with Crippen LogP contribution in [-0.4, -0.2) is 35.9 Å². The Morgan fingerprint density at radius 1 is 1.20 bits per heavy atom. The predicted molar refractivity (Wildman–Crippen MR) is 85.0 cm³/mol. The average molecular weight is 293 g/mol. The van der Waals surface area contributed by atoms with E-state index >= 15 is 0 Å². The maximum absolute atomic E-state index is 12.3. The van der Waals surface area contributed by atoms with E-state index < -0.39 is 0 Å². The summed E-state index contributed by atoms with van der Waals surface area (Å²) in [5.74, 6) is 0.316. The van der Waals surface area contributed by atoms with Gasteiger partial charge in [0.05, 0.1) is 5.69 Å². The normalized spacial score (nSPS) is 14.4. The molecule has 20 heavy (non-hydrogen) atoms. The number of benzene rings is 1. The highest BCUT2D eigenvalue weighted by Gasteiger charge is 2.25. The van der Waals surface area contributed by atoms with Crippen molar-refractivity contribution < 1.29 is 4.79 Å². The molecule has 0 amide bonds. The molecule has 0 N–H and O–H groups in total. The quantitative estimate of drug-likeness (QED) is 0.868. The molecule has 3 rings (SSSR count). The van der Waals surface area contributed by atoms with Crippen molar-refractivity contribution in [1.29, 1.82) is 0 Å². The summed E-state index contributed by atoms with van der Waals surface area (Å²) in [6, 6.07) is 8.41. The van der Waals surface area contributed by atoms with Crippen molar-refractivity contribution in [3.63, 3.8) is 0 Å². The second kappa shape index (κ2) is 5.98. The summed E-state index contributed by atoms with van der Waals surface area (Å²) in [5.41, 5.74) is 3.45. The molecule has 1 aliphatic carbocycles. The molecule has 0 spiro atoms. The number of aromatic nitrogens is 1. The summed E-state index contributed by atoms with van der Waals surface area (Å²) in [4.78, 5) is 14.4. The van der Waals surface area contributed by atoms with Crippen molar-refractivity contribution in [2.45, 2.75) is 25.8 Å². The van der Waals surface area contributed by atoms with E-state index in [1.807, 2.05) is 0 Å². The topological polar surface area (TPSA) is 25.2 Å². The van der Waals surface area contributed by atoms with E-state index in [2.05, 4.69) is 47.8 Å². The van der Waals surface area contributed by atoms with Crippen LogP contribution in [0, 0.1) is 0 Å². The van der Waals surface area contributed by atoms with Gasteiger partial charge < -0.3 is 9.47 Å².